The standard InChI is InChI=1S/C17H27N3O/c1-4-11-19-17(21)13(3)20-12-10-15(18-5-2)14-8-6-7-9-16(14)20/h6-9,13,15,18H,4-5,10-12H2,1-3H3,(H,19,21). The third-order valence-electron chi connectivity index (χ3n) is 4.13. The van der Waals surface area contributed by atoms with E-state index >= 15 is 0 Å². The summed E-state index contributed by atoms with van der Waals surface area (Å²) >= 11 is 0. The van der Waals surface area contributed by atoms with E-state index in [1.165, 1.54) is 11.3 Å². The fourth-order valence-corrected chi connectivity index (χ4v) is 2.99. The Labute approximate surface area is 127 Å². The molecule has 0 fully saturated rings. The van der Waals surface area contributed by atoms with Crippen LogP contribution >= 0.6 is 0 Å². The van der Waals surface area contributed by atoms with Crippen LogP contribution in [-0.2, 0) is 4.79 Å². The van der Waals surface area contributed by atoms with E-state index in [0.717, 1.165) is 32.5 Å². The lowest BCUT2D eigenvalue weighted by molar-refractivity contribution is -0.122. The maximum Gasteiger partial charge on any atom is 0.242 e. The van der Waals surface area contributed by atoms with Gasteiger partial charge in [0.2, 0.25) is 5.91 Å². The van der Waals surface area contributed by atoms with Crippen LogP contribution in [0.1, 0.15) is 45.2 Å². The summed E-state index contributed by atoms with van der Waals surface area (Å²) in [7, 11) is 0. The van der Waals surface area contributed by atoms with Crippen LogP contribution in [0.15, 0.2) is 24.3 Å². The largest absolute Gasteiger partial charge is 0.359 e. The molecule has 0 aromatic heterocycles. The third-order valence-corrected chi connectivity index (χ3v) is 4.13. The third kappa shape index (κ3) is 3.56. The molecule has 0 aliphatic carbocycles. The maximum absolute atomic E-state index is 12.2. The van der Waals surface area contributed by atoms with Gasteiger partial charge >= 0.3 is 0 Å². The van der Waals surface area contributed by atoms with Gasteiger partial charge in [-0.3, -0.25) is 4.79 Å². The highest BCUT2D eigenvalue weighted by Crippen LogP contribution is 2.34. The lowest BCUT2D eigenvalue weighted by atomic mass is 9.95. The number of carbonyl (C=O) groups is 1. The average Bonchev–Trinajstić information content (AvgIpc) is 2.52. The quantitative estimate of drug-likeness (QED) is 0.845. The SMILES string of the molecule is CCCNC(=O)C(C)N1CCC(NCC)c2ccccc21. The van der Waals surface area contributed by atoms with Gasteiger partial charge in [-0.25, -0.2) is 0 Å². The van der Waals surface area contributed by atoms with E-state index in [1.54, 1.807) is 0 Å². The van der Waals surface area contributed by atoms with Crippen molar-refractivity contribution in [1.82, 2.24) is 10.6 Å². The van der Waals surface area contributed by atoms with Gasteiger partial charge in [-0.2, -0.15) is 0 Å². The van der Waals surface area contributed by atoms with Gasteiger partial charge in [0.1, 0.15) is 6.04 Å². The molecule has 116 valence electrons. The van der Waals surface area contributed by atoms with Gasteiger partial charge in [0.25, 0.3) is 0 Å². The van der Waals surface area contributed by atoms with E-state index in [4.69, 9.17) is 0 Å². The molecule has 1 heterocycles. The highest BCUT2D eigenvalue weighted by Gasteiger charge is 2.29. The van der Waals surface area contributed by atoms with Crippen LogP contribution in [0.3, 0.4) is 0 Å². The monoisotopic (exact) mass is 289 g/mol. The summed E-state index contributed by atoms with van der Waals surface area (Å²) in [5.41, 5.74) is 2.49. The first-order valence-electron chi connectivity index (χ1n) is 8.05. The van der Waals surface area contributed by atoms with Crippen LogP contribution in [0.4, 0.5) is 5.69 Å². The molecule has 0 saturated carbocycles. The number of carbonyl (C=O) groups excluding carboxylic acids is 1. The zero-order chi connectivity index (χ0) is 15.2. The van der Waals surface area contributed by atoms with Crippen molar-refractivity contribution in [1.29, 1.82) is 0 Å². The highest BCUT2D eigenvalue weighted by atomic mass is 16.2. The molecule has 1 amide bonds. The summed E-state index contributed by atoms with van der Waals surface area (Å²) in [6, 6.07) is 8.70. The fourth-order valence-electron chi connectivity index (χ4n) is 2.99. The van der Waals surface area contributed by atoms with Crippen molar-refractivity contribution in [2.45, 2.75) is 45.7 Å². The molecule has 0 saturated heterocycles. The molecule has 1 aromatic rings. The van der Waals surface area contributed by atoms with Crippen molar-refractivity contribution in [3.05, 3.63) is 29.8 Å². The predicted octanol–water partition coefficient (Wildman–Crippen LogP) is 2.46. The molecule has 4 heteroatoms. The zero-order valence-electron chi connectivity index (χ0n) is 13.4. The summed E-state index contributed by atoms with van der Waals surface area (Å²) in [4.78, 5) is 14.5. The molecule has 21 heavy (non-hydrogen) atoms. The van der Waals surface area contributed by atoms with Crippen LogP contribution < -0.4 is 15.5 Å². The molecule has 1 aliphatic rings. The second kappa shape index (κ2) is 7.46. The number of hydrogen-bond donors (Lipinski definition) is 2. The van der Waals surface area contributed by atoms with Crippen molar-refractivity contribution in [2.75, 3.05) is 24.5 Å². The molecule has 0 radical (unpaired) electrons. The Bertz CT molecular complexity index is 475. The zero-order valence-corrected chi connectivity index (χ0v) is 13.4. The first-order chi connectivity index (χ1) is 10.2. The minimum Gasteiger partial charge on any atom is -0.359 e. The number of nitrogens with zero attached hydrogens (tertiary/aromatic N) is 1. The molecule has 2 rings (SSSR count). The van der Waals surface area contributed by atoms with Crippen molar-refractivity contribution in [3.63, 3.8) is 0 Å². The van der Waals surface area contributed by atoms with Gasteiger partial charge in [0, 0.05) is 24.8 Å². The van der Waals surface area contributed by atoms with Gasteiger partial charge in [-0.15, -0.1) is 0 Å². The first kappa shape index (κ1) is 15.8. The minimum atomic E-state index is -0.125. The summed E-state index contributed by atoms with van der Waals surface area (Å²) < 4.78 is 0. The Balaban J connectivity index is 2.18. The number of rotatable bonds is 6. The van der Waals surface area contributed by atoms with E-state index in [1.807, 2.05) is 6.92 Å². The van der Waals surface area contributed by atoms with Crippen molar-refractivity contribution >= 4 is 11.6 Å². The second-order valence-electron chi connectivity index (χ2n) is 5.62. The lowest BCUT2D eigenvalue weighted by Gasteiger charge is -2.39. The van der Waals surface area contributed by atoms with Crippen LogP contribution in [0.2, 0.25) is 0 Å². The number of para-hydroxylation sites is 1. The Morgan fingerprint density at radius 1 is 1.38 bits per heavy atom. The Morgan fingerprint density at radius 2 is 2.14 bits per heavy atom. The molecule has 0 spiro atoms. The highest BCUT2D eigenvalue weighted by molar-refractivity contribution is 5.85. The number of nitrogens with one attached hydrogen (secondary N) is 2. The predicted molar refractivity (Wildman–Crippen MR) is 87.6 cm³/mol. The van der Waals surface area contributed by atoms with Gasteiger partial charge in [0.05, 0.1) is 0 Å². The minimum absolute atomic E-state index is 0.119. The molecule has 1 aromatic carbocycles. The topological polar surface area (TPSA) is 44.4 Å². The van der Waals surface area contributed by atoms with Crippen molar-refractivity contribution in [3.8, 4) is 0 Å². The van der Waals surface area contributed by atoms with Crippen molar-refractivity contribution in [2.24, 2.45) is 0 Å². The number of amides is 1. The van der Waals surface area contributed by atoms with E-state index in [9.17, 15) is 4.79 Å². The number of hydrogen-bond acceptors (Lipinski definition) is 3. The molecule has 4 nitrogen and oxygen atoms in total. The molecule has 2 unspecified atom stereocenters. The summed E-state index contributed by atoms with van der Waals surface area (Å²) in [6.07, 6.45) is 2.01. The van der Waals surface area contributed by atoms with Crippen LogP contribution in [0.25, 0.3) is 0 Å². The maximum atomic E-state index is 12.2. The molecule has 0 bridgehead atoms. The fraction of sp³-hybridized carbons (Fsp3) is 0.588. The van der Waals surface area contributed by atoms with Gasteiger partial charge in [-0.05, 0) is 37.9 Å². The normalized spacial score (nSPS) is 19.0. The molecule has 1 aliphatic heterocycles. The summed E-state index contributed by atoms with van der Waals surface area (Å²) in [5, 5.41) is 6.54. The molecule has 2 N–H and O–H groups in total. The van der Waals surface area contributed by atoms with Crippen LogP contribution in [-0.4, -0.2) is 31.6 Å². The van der Waals surface area contributed by atoms with Gasteiger partial charge in [-0.1, -0.05) is 32.0 Å². The van der Waals surface area contributed by atoms with Crippen LogP contribution in [0, 0.1) is 0 Å². The smallest absolute Gasteiger partial charge is 0.242 e. The first-order valence-corrected chi connectivity index (χ1v) is 8.05. The van der Waals surface area contributed by atoms with Crippen molar-refractivity contribution < 1.29 is 4.79 Å². The molecule has 2 atom stereocenters. The van der Waals surface area contributed by atoms with E-state index in [-0.39, 0.29) is 11.9 Å². The van der Waals surface area contributed by atoms with E-state index in [2.05, 4.69) is 53.6 Å². The number of anilines is 1. The average molecular weight is 289 g/mol. The molecular formula is C17H27N3O. The number of benzene rings is 1. The second-order valence-corrected chi connectivity index (χ2v) is 5.62. The Hall–Kier alpha value is -1.55. The Morgan fingerprint density at radius 3 is 2.86 bits per heavy atom. The summed E-state index contributed by atoms with van der Waals surface area (Å²) in [5.74, 6) is 0.119. The van der Waals surface area contributed by atoms with Crippen LogP contribution in [0.5, 0.6) is 0 Å². The summed E-state index contributed by atoms with van der Waals surface area (Å²) in [6.45, 7) is 8.83. The van der Waals surface area contributed by atoms with Gasteiger partial charge in [0.15, 0.2) is 0 Å². The molecular weight excluding hydrogens is 262 g/mol. The Kier molecular flexibility index (Phi) is 5.62. The lowest BCUT2D eigenvalue weighted by Crippen LogP contribution is -2.48. The van der Waals surface area contributed by atoms with E-state index in [0.29, 0.717) is 6.04 Å². The van der Waals surface area contributed by atoms with E-state index < -0.39 is 0 Å². The number of fused-ring (bicyclic) bond motifs is 1. The van der Waals surface area contributed by atoms with Gasteiger partial charge < -0.3 is 15.5 Å².